The first-order valence-electron chi connectivity index (χ1n) is 9.52. The van der Waals surface area contributed by atoms with Gasteiger partial charge in [0.15, 0.2) is 5.96 Å². The van der Waals surface area contributed by atoms with Crippen LogP contribution in [0.5, 0.6) is 0 Å². The normalized spacial score (nSPS) is 21.8. The molecule has 2 aliphatic rings. The molecule has 1 saturated heterocycles. The van der Waals surface area contributed by atoms with Gasteiger partial charge in [0, 0.05) is 43.0 Å². The topological polar surface area (TPSA) is 70.7 Å². The fourth-order valence-electron chi connectivity index (χ4n) is 4.26. The summed E-state index contributed by atoms with van der Waals surface area (Å²) in [5.74, 6) is 1.08. The van der Waals surface area contributed by atoms with Gasteiger partial charge < -0.3 is 16.0 Å². The Morgan fingerprint density at radius 1 is 1.33 bits per heavy atom. The number of benzene rings is 1. The van der Waals surface area contributed by atoms with Crippen molar-refractivity contribution in [2.45, 2.75) is 43.9 Å². The van der Waals surface area contributed by atoms with Crippen LogP contribution in [0.4, 0.5) is 0 Å². The van der Waals surface area contributed by atoms with E-state index in [-0.39, 0.29) is 35.3 Å². The molecule has 3 rings (SSSR count). The summed E-state index contributed by atoms with van der Waals surface area (Å²) >= 11 is 3.53. The number of nitrogens with two attached hydrogens (primary N) is 1. The second-order valence-corrected chi connectivity index (χ2v) is 8.58. The summed E-state index contributed by atoms with van der Waals surface area (Å²) in [6.45, 7) is 2.74. The van der Waals surface area contributed by atoms with E-state index in [1.807, 2.05) is 7.05 Å². The van der Waals surface area contributed by atoms with E-state index in [0.29, 0.717) is 12.3 Å². The number of nitrogens with one attached hydrogen (secondary N) is 1. The van der Waals surface area contributed by atoms with Crippen molar-refractivity contribution in [3.63, 3.8) is 0 Å². The zero-order chi connectivity index (χ0) is 18.6. The van der Waals surface area contributed by atoms with Crippen LogP contribution < -0.4 is 11.1 Å². The van der Waals surface area contributed by atoms with Crippen molar-refractivity contribution < 1.29 is 4.79 Å². The van der Waals surface area contributed by atoms with Crippen LogP contribution in [0.15, 0.2) is 33.7 Å². The molecule has 1 aromatic rings. The molecular formula is C20H30BrIN4O. The van der Waals surface area contributed by atoms with Gasteiger partial charge in [-0.05, 0) is 49.3 Å². The molecule has 0 spiro atoms. The van der Waals surface area contributed by atoms with Gasteiger partial charge in [0.05, 0.1) is 0 Å². The highest BCUT2D eigenvalue weighted by atomic mass is 127. The molecule has 1 unspecified atom stereocenters. The van der Waals surface area contributed by atoms with Gasteiger partial charge in [-0.25, -0.2) is 0 Å². The summed E-state index contributed by atoms with van der Waals surface area (Å²) in [6, 6.07) is 8.72. The molecule has 150 valence electrons. The lowest BCUT2D eigenvalue weighted by Gasteiger charge is -2.44. The third-order valence-electron chi connectivity index (χ3n) is 5.87. The molecule has 5 nitrogen and oxygen atoms in total. The molecule has 7 heteroatoms. The van der Waals surface area contributed by atoms with Crippen molar-refractivity contribution in [2.24, 2.45) is 16.6 Å². The minimum absolute atomic E-state index is 0. The highest BCUT2D eigenvalue weighted by Gasteiger charge is 2.39. The summed E-state index contributed by atoms with van der Waals surface area (Å²) in [5.41, 5.74) is 7.00. The van der Waals surface area contributed by atoms with Crippen LogP contribution in [0.25, 0.3) is 0 Å². The number of hydrogen-bond donors (Lipinski definition) is 2. The first kappa shape index (κ1) is 22.5. The van der Waals surface area contributed by atoms with Crippen LogP contribution >= 0.6 is 39.9 Å². The van der Waals surface area contributed by atoms with Crippen LogP contribution in [0, 0.1) is 5.92 Å². The number of guanidine groups is 1. The number of halogens is 2. The molecule has 1 aliphatic carbocycles. The van der Waals surface area contributed by atoms with E-state index in [1.165, 1.54) is 24.8 Å². The molecule has 1 aliphatic heterocycles. The van der Waals surface area contributed by atoms with Crippen molar-refractivity contribution in [3.05, 3.63) is 34.3 Å². The molecule has 0 radical (unpaired) electrons. The van der Waals surface area contributed by atoms with Gasteiger partial charge in [-0.2, -0.15) is 0 Å². The Labute approximate surface area is 187 Å². The predicted molar refractivity (Wildman–Crippen MR) is 125 cm³/mol. The number of hydrogen-bond acceptors (Lipinski definition) is 2. The minimum Gasteiger partial charge on any atom is -0.370 e. The van der Waals surface area contributed by atoms with Gasteiger partial charge in [0.25, 0.3) is 0 Å². The molecule has 0 bridgehead atoms. The maximum atomic E-state index is 11.3. The fraction of sp³-hybridized carbons (Fsp3) is 0.600. The third kappa shape index (κ3) is 5.59. The molecule has 3 N–H and O–H groups in total. The van der Waals surface area contributed by atoms with Gasteiger partial charge in [0.1, 0.15) is 0 Å². The second kappa shape index (κ2) is 10.1. The number of nitrogens with zero attached hydrogens (tertiary/aromatic N) is 2. The summed E-state index contributed by atoms with van der Waals surface area (Å²) in [5, 5.41) is 3.62. The number of aliphatic imine (C=N–C) groups is 1. The molecule has 1 saturated carbocycles. The number of likely N-dealkylation sites (tertiary alicyclic amines) is 1. The lowest BCUT2D eigenvalue weighted by molar-refractivity contribution is -0.119. The highest BCUT2D eigenvalue weighted by molar-refractivity contribution is 14.0. The lowest BCUT2D eigenvalue weighted by Crippen LogP contribution is -2.52. The van der Waals surface area contributed by atoms with E-state index in [9.17, 15) is 4.79 Å². The van der Waals surface area contributed by atoms with Crippen molar-refractivity contribution in [1.29, 1.82) is 0 Å². The second-order valence-electron chi connectivity index (χ2n) is 7.67. The van der Waals surface area contributed by atoms with Crippen molar-refractivity contribution in [3.8, 4) is 0 Å². The Hall–Kier alpha value is -0.830. The molecule has 27 heavy (non-hydrogen) atoms. The largest absolute Gasteiger partial charge is 0.370 e. The van der Waals surface area contributed by atoms with Gasteiger partial charge >= 0.3 is 0 Å². The maximum Gasteiger partial charge on any atom is 0.217 e. The number of piperidine rings is 1. The number of rotatable bonds is 5. The number of primary amides is 1. The van der Waals surface area contributed by atoms with Gasteiger partial charge in [-0.3, -0.25) is 9.79 Å². The van der Waals surface area contributed by atoms with E-state index < -0.39 is 0 Å². The number of carbonyl (C=O) groups is 1. The average molecular weight is 549 g/mol. The van der Waals surface area contributed by atoms with E-state index in [2.05, 4.69) is 55.4 Å². The summed E-state index contributed by atoms with van der Waals surface area (Å²) in [7, 11) is 1.84. The summed E-state index contributed by atoms with van der Waals surface area (Å²) in [4.78, 5) is 18.0. The molecule has 1 atom stereocenters. The zero-order valence-corrected chi connectivity index (χ0v) is 19.8. The number of amides is 1. The van der Waals surface area contributed by atoms with Crippen molar-refractivity contribution >= 4 is 51.8 Å². The van der Waals surface area contributed by atoms with Gasteiger partial charge in [-0.1, -0.05) is 34.5 Å². The molecule has 1 heterocycles. The SMILES string of the molecule is CN=C(NCC1(c2ccc(Br)cc2)CCC1)N1CCCC(CC(N)=O)C1.I. The smallest absolute Gasteiger partial charge is 0.217 e. The standard InChI is InChI=1S/C20H29BrN4O.HI/c1-23-19(25-11-2-4-15(13-25)12-18(22)26)24-14-20(9-3-10-20)16-5-7-17(21)8-6-16;/h5-8,15H,2-4,9-14H2,1H3,(H2,22,26)(H,23,24);1H. The molecule has 1 aromatic carbocycles. The first-order valence-corrected chi connectivity index (χ1v) is 10.3. The first-order chi connectivity index (χ1) is 12.5. The van der Waals surface area contributed by atoms with Crippen molar-refractivity contribution in [1.82, 2.24) is 10.2 Å². The molecule has 0 aromatic heterocycles. The van der Waals surface area contributed by atoms with E-state index >= 15 is 0 Å². The van der Waals surface area contributed by atoms with E-state index in [4.69, 9.17) is 5.73 Å². The zero-order valence-electron chi connectivity index (χ0n) is 15.9. The summed E-state index contributed by atoms with van der Waals surface area (Å²) in [6.07, 6.45) is 6.32. The fourth-order valence-corrected chi connectivity index (χ4v) is 4.53. The Morgan fingerprint density at radius 3 is 2.59 bits per heavy atom. The van der Waals surface area contributed by atoms with Crippen LogP contribution in [-0.4, -0.2) is 43.4 Å². The van der Waals surface area contributed by atoms with E-state index in [0.717, 1.165) is 42.9 Å². The number of carbonyl (C=O) groups excluding carboxylic acids is 1. The van der Waals surface area contributed by atoms with Crippen LogP contribution in [-0.2, 0) is 10.2 Å². The van der Waals surface area contributed by atoms with Crippen molar-refractivity contribution in [2.75, 3.05) is 26.7 Å². The minimum atomic E-state index is -0.205. The van der Waals surface area contributed by atoms with Crippen LogP contribution in [0.3, 0.4) is 0 Å². The Kier molecular flexibility index (Phi) is 8.39. The maximum absolute atomic E-state index is 11.3. The highest BCUT2D eigenvalue weighted by Crippen LogP contribution is 2.43. The Bertz CT molecular complexity index is 660. The summed E-state index contributed by atoms with van der Waals surface area (Å²) < 4.78 is 1.12. The Balaban J connectivity index is 0.00000261. The molecule has 1 amide bonds. The monoisotopic (exact) mass is 548 g/mol. The van der Waals surface area contributed by atoms with Gasteiger partial charge in [0.2, 0.25) is 5.91 Å². The molecule has 2 fully saturated rings. The van der Waals surface area contributed by atoms with Gasteiger partial charge in [-0.15, -0.1) is 24.0 Å². The Morgan fingerprint density at radius 2 is 2.04 bits per heavy atom. The van der Waals surface area contributed by atoms with E-state index in [1.54, 1.807) is 0 Å². The third-order valence-corrected chi connectivity index (χ3v) is 6.40. The van der Waals surface area contributed by atoms with Crippen LogP contribution in [0.2, 0.25) is 0 Å². The lowest BCUT2D eigenvalue weighted by atomic mass is 9.64. The molecular weight excluding hydrogens is 519 g/mol. The predicted octanol–water partition coefficient (Wildman–Crippen LogP) is 3.65. The quantitative estimate of drug-likeness (QED) is 0.335. The van der Waals surface area contributed by atoms with Crippen LogP contribution in [0.1, 0.15) is 44.1 Å². The average Bonchev–Trinajstić information content (AvgIpc) is 2.58.